The summed E-state index contributed by atoms with van der Waals surface area (Å²) >= 11 is 6.03. The Hall–Kier alpha value is -0.640. The van der Waals surface area contributed by atoms with Crippen molar-refractivity contribution in [2.24, 2.45) is 0 Å². The maximum absolute atomic E-state index is 13.2. The fourth-order valence-electron chi connectivity index (χ4n) is 1.95. The van der Waals surface area contributed by atoms with E-state index in [1.807, 2.05) is 6.07 Å². The first kappa shape index (κ1) is 16.4. The van der Waals surface area contributed by atoms with E-state index in [-0.39, 0.29) is 5.82 Å². The van der Waals surface area contributed by atoms with Gasteiger partial charge in [-0.1, -0.05) is 24.1 Å². The number of methoxy groups -OCH3 is 1. The van der Waals surface area contributed by atoms with Gasteiger partial charge in [0, 0.05) is 18.7 Å². The highest BCUT2D eigenvalue weighted by molar-refractivity contribution is 6.31. The van der Waals surface area contributed by atoms with Gasteiger partial charge >= 0.3 is 0 Å². The Bertz CT molecular complexity index is 385. The highest BCUT2D eigenvalue weighted by Crippen LogP contribution is 2.22. The highest BCUT2D eigenvalue weighted by atomic mass is 35.5. The summed E-state index contributed by atoms with van der Waals surface area (Å²) in [5.41, 5.74) is 1.72. The van der Waals surface area contributed by atoms with Crippen molar-refractivity contribution >= 4 is 11.6 Å². The van der Waals surface area contributed by atoms with Crippen LogP contribution in [0.2, 0.25) is 5.02 Å². The average Bonchev–Trinajstić information content (AvgIpc) is 2.38. The number of nitrogens with one attached hydrogen (secondary N) is 1. The maximum Gasteiger partial charge on any atom is 0.127 e. The van der Waals surface area contributed by atoms with Gasteiger partial charge in [0.15, 0.2) is 0 Å². The van der Waals surface area contributed by atoms with Crippen molar-refractivity contribution in [3.8, 4) is 0 Å². The van der Waals surface area contributed by atoms with Gasteiger partial charge in [-0.3, -0.25) is 0 Å². The summed E-state index contributed by atoms with van der Waals surface area (Å²) in [5, 5.41) is 3.86. The van der Waals surface area contributed by atoms with Crippen molar-refractivity contribution in [2.45, 2.75) is 32.6 Å². The summed E-state index contributed by atoms with van der Waals surface area (Å²) < 4.78 is 18.2. The van der Waals surface area contributed by atoms with E-state index in [0.717, 1.165) is 50.9 Å². The van der Waals surface area contributed by atoms with E-state index in [0.29, 0.717) is 10.6 Å². The summed E-state index contributed by atoms with van der Waals surface area (Å²) in [6, 6.07) is 3.27. The molecule has 0 fully saturated rings. The fourth-order valence-corrected chi connectivity index (χ4v) is 2.19. The van der Waals surface area contributed by atoms with Crippen molar-refractivity contribution in [3.63, 3.8) is 0 Å². The van der Waals surface area contributed by atoms with Gasteiger partial charge in [-0.15, -0.1) is 0 Å². The molecule has 1 rings (SSSR count). The van der Waals surface area contributed by atoms with E-state index < -0.39 is 0 Å². The van der Waals surface area contributed by atoms with E-state index >= 15 is 0 Å². The van der Waals surface area contributed by atoms with Gasteiger partial charge < -0.3 is 10.1 Å². The number of aryl methyl sites for hydroxylation is 2. The Balaban J connectivity index is 2.17. The molecule has 0 aliphatic heterocycles. The standard InChI is InChI=1S/C15H23ClFNO/c1-12-10-13(14(16)11-15(12)17)6-4-3-5-7-18-8-9-19-2/h10-11,18H,3-9H2,1-2H3. The predicted octanol–water partition coefficient (Wildman–Crippen LogP) is 3.74. The first-order valence-corrected chi connectivity index (χ1v) is 7.17. The molecular weight excluding hydrogens is 265 g/mol. The Labute approximate surface area is 120 Å². The molecule has 0 spiro atoms. The van der Waals surface area contributed by atoms with Crippen molar-refractivity contribution in [1.82, 2.24) is 5.32 Å². The molecule has 108 valence electrons. The lowest BCUT2D eigenvalue weighted by atomic mass is 10.0. The molecule has 0 unspecified atom stereocenters. The molecule has 0 bridgehead atoms. The van der Waals surface area contributed by atoms with Gasteiger partial charge in [-0.05, 0) is 49.9 Å². The van der Waals surface area contributed by atoms with Crippen molar-refractivity contribution in [3.05, 3.63) is 34.1 Å². The Kier molecular flexibility index (Phi) is 8.03. The zero-order chi connectivity index (χ0) is 14.1. The molecule has 1 aromatic carbocycles. The maximum atomic E-state index is 13.2. The second kappa shape index (κ2) is 9.29. The molecule has 0 saturated carbocycles. The van der Waals surface area contributed by atoms with Crippen LogP contribution in [-0.2, 0) is 11.2 Å². The lowest BCUT2D eigenvalue weighted by Crippen LogP contribution is -2.20. The Morgan fingerprint density at radius 3 is 2.74 bits per heavy atom. The minimum absolute atomic E-state index is 0.226. The molecule has 0 saturated heterocycles. The lowest BCUT2D eigenvalue weighted by Gasteiger charge is -2.07. The molecular formula is C15H23ClFNO. The van der Waals surface area contributed by atoms with Crippen LogP contribution in [0, 0.1) is 12.7 Å². The van der Waals surface area contributed by atoms with Gasteiger partial charge in [0.1, 0.15) is 5.82 Å². The molecule has 0 aliphatic rings. The molecule has 1 aromatic rings. The van der Waals surface area contributed by atoms with Crippen LogP contribution in [-0.4, -0.2) is 26.8 Å². The van der Waals surface area contributed by atoms with Crippen LogP contribution >= 0.6 is 11.6 Å². The average molecular weight is 288 g/mol. The number of hydrogen-bond acceptors (Lipinski definition) is 2. The molecule has 2 nitrogen and oxygen atoms in total. The topological polar surface area (TPSA) is 21.3 Å². The van der Waals surface area contributed by atoms with Crippen molar-refractivity contribution in [1.29, 1.82) is 0 Å². The summed E-state index contributed by atoms with van der Waals surface area (Å²) in [6.45, 7) is 4.44. The number of unbranched alkanes of at least 4 members (excludes halogenated alkanes) is 2. The number of benzene rings is 1. The minimum atomic E-state index is -0.226. The molecule has 0 aromatic heterocycles. The van der Waals surface area contributed by atoms with E-state index in [1.54, 1.807) is 14.0 Å². The summed E-state index contributed by atoms with van der Waals surface area (Å²) in [5.74, 6) is -0.226. The SMILES string of the molecule is COCCNCCCCCc1cc(C)c(F)cc1Cl. The molecule has 19 heavy (non-hydrogen) atoms. The van der Waals surface area contributed by atoms with Crippen molar-refractivity contribution < 1.29 is 9.13 Å². The van der Waals surface area contributed by atoms with Crippen LogP contribution < -0.4 is 5.32 Å². The number of rotatable bonds is 9. The van der Waals surface area contributed by atoms with E-state index in [2.05, 4.69) is 5.32 Å². The monoisotopic (exact) mass is 287 g/mol. The van der Waals surface area contributed by atoms with Crippen LogP contribution in [0.1, 0.15) is 30.4 Å². The van der Waals surface area contributed by atoms with Crippen molar-refractivity contribution in [2.75, 3.05) is 26.8 Å². The molecule has 0 radical (unpaired) electrons. The summed E-state index contributed by atoms with van der Waals surface area (Å²) in [7, 11) is 1.70. The number of ether oxygens (including phenoxy) is 1. The van der Waals surface area contributed by atoms with Gasteiger partial charge in [0.2, 0.25) is 0 Å². The van der Waals surface area contributed by atoms with Gasteiger partial charge in [-0.25, -0.2) is 4.39 Å². The number of halogens is 2. The van der Waals surface area contributed by atoms with Crippen LogP contribution in [0.15, 0.2) is 12.1 Å². The molecule has 0 aliphatic carbocycles. The van der Waals surface area contributed by atoms with E-state index in [4.69, 9.17) is 16.3 Å². The molecule has 1 N–H and O–H groups in total. The van der Waals surface area contributed by atoms with E-state index in [1.165, 1.54) is 6.07 Å². The molecule has 4 heteroatoms. The highest BCUT2D eigenvalue weighted by Gasteiger charge is 2.05. The zero-order valence-corrected chi connectivity index (χ0v) is 12.5. The Morgan fingerprint density at radius 1 is 1.21 bits per heavy atom. The Morgan fingerprint density at radius 2 is 2.00 bits per heavy atom. The molecule has 0 heterocycles. The molecule has 0 amide bonds. The number of hydrogen-bond donors (Lipinski definition) is 1. The summed E-state index contributed by atoms with van der Waals surface area (Å²) in [6.07, 6.45) is 4.28. The molecule has 0 atom stereocenters. The van der Waals surface area contributed by atoms with Crippen LogP contribution in [0.5, 0.6) is 0 Å². The predicted molar refractivity (Wildman–Crippen MR) is 78.4 cm³/mol. The van der Waals surface area contributed by atoms with Crippen LogP contribution in [0.25, 0.3) is 0 Å². The third kappa shape index (κ3) is 6.37. The zero-order valence-electron chi connectivity index (χ0n) is 11.8. The lowest BCUT2D eigenvalue weighted by molar-refractivity contribution is 0.199. The van der Waals surface area contributed by atoms with E-state index in [9.17, 15) is 4.39 Å². The third-order valence-electron chi connectivity index (χ3n) is 3.11. The first-order chi connectivity index (χ1) is 9.15. The smallest absolute Gasteiger partial charge is 0.127 e. The largest absolute Gasteiger partial charge is 0.383 e. The quantitative estimate of drug-likeness (QED) is 0.699. The third-order valence-corrected chi connectivity index (χ3v) is 3.46. The normalized spacial score (nSPS) is 10.9. The van der Waals surface area contributed by atoms with Gasteiger partial charge in [0.05, 0.1) is 6.61 Å². The van der Waals surface area contributed by atoms with Gasteiger partial charge in [0.25, 0.3) is 0 Å². The fraction of sp³-hybridized carbons (Fsp3) is 0.600. The minimum Gasteiger partial charge on any atom is -0.383 e. The van der Waals surface area contributed by atoms with Crippen LogP contribution in [0.4, 0.5) is 4.39 Å². The first-order valence-electron chi connectivity index (χ1n) is 6.79. The second-order valence-electron chi connectivity index (χ2n) is 4.75. The summed E-state index contributed by atoms with van der Waals surface area (Å²) in [4.78, 5) is 0. The van der Waals surface area contributed by atoms with Crippen LogP contribution in [0.3, 0.4) is 0 Å². The second-order valence-corrected chi connectivity index (χ2v) is 5.15. The van der Waals surface area contributed by atoms with Gasteiger partial charge in [-0.2, -0.15) is 0 Å².